The first-order valence-corrected chi connectivity index (χ1v) is 11.1. The maximum absolute atomic E-state index is 12.8. The van der Waals surface area contributed by atoms with Crippen LogP contribution in [-0.2, 0) is 9.53 Å². The fourth-order valence-electron chi connectivity index (χ4n) is 3.80. The van der Waals surface area contributed by atoms with E-state index in [0.29, 0.717) is 43.7 Å². The Hall–Kier alpha value is -2.26. The molecule has 0 saturated carbocycles. The molecule has 9 heteroatoms. The van der Waals surface area contributed by atoms with Gasteiger partial charge in [-0.05, 0) is 19.3 Å². The average Bonchev–Trinajstić information content (AvgIpc) is 3.48. The van der Waals surface area contributed by atoms with Crippen LogP contribution in [0, 0.1) is 5.92 Å². The van der Waals surface area contributed by atoms with Crippen molar-refractivity contribution in [2.75, 3.05) is 31.6 Å². The Morgan fingerprint density at radius 1 is 1.28 bits per heavy atom. The third kappa shape index (κ3) is 4.35. The van der Waals surface area contributed by atoms with E-state index in [9.17, 15) is 9.59 Å². The van der Waals surface area contributed by atoms with Crippen LogP contribution in [0.4, 0.5) is 5.82 Å². The van der Waals surface area contributed by atoms with Crippen molar-refractivity contribution in [3.05, 3.63) is 28.3 Å². The Labute approximate surface area is 174 Å². The van der Waals surface area contributed by atoms with E-state index in [-0.39, 0.29) is 23.8 Å². The zero-order valence-corrected chi connectivity index (χ0v) is 17.7. The van der Waals surface area contributed by atoms with Crippen molar-refractivity contribution >= 4 is 29.0 Å². The van der Waals surface area contributed by atoms with E-state index in [1.165, 1.54) is 0 Å². The van der Waals surface area contributed by atoms with Gasteiger partial charge in [-0.1, -0.05) is 13.8 Å². The number of piperidine rings is 1. The molecule has 0 aliphatic carbocycles. The van der Waals surface area contributed by atoms with Crippen molar-refractivity contribution in [1.82, 2.24) is 19.7 Å². The molecule has 4 heterocycles. The minimum atomic E-state index is -0.0911. The van der Waals surface area contributed by atoms with Gasteiger partial charge in [-0.25, -0.2) is 9.67 Å². The van der Waals surface area contributed by atoms with Gasteiger partial charge in [0.2, 0.25) is 5.91 Å². The summed E-state index contributed by atoms with van der Waals surface area (Å²) in [5.41, 5.74) is 0.544. The van der Waals surface area contributed by atoms with E-state index in [2.05, 4.69) is 29.2 Å². The molecule has 4 rings (SSSR count). The fourth-order valence-corrected chi connectivity index (χ4v) is 4.61. The number of aromatic nitrogens is 3. The van der Waals surface area contributed by atoms with Gasteiger partial charge in [0.25, 0.3) is 5.91 Å². The molecule has 1 atom stereocenters. The molecule has 2 aliphatic rings. The Balaban J connectivity index is 1.35. The molecule has 1 N–H and O–H groups in total. The number of hydrogen-bond donors (Lipinski definition) is 1. The highest BCUT2D eigenvalue weighted by molar-refractivity contribution is 7.09. The standard InChI is InChI=1S/C20H27N5O3S/c1-13(2)19-22-16(12-29-19)20(27)24-8-4-15(5-9-24)25-17(3-7-21-25)23-18(26)14-6-10-28-11-14/h3,7,12-15H,4-6,8-11H2,1-2H3,(H,23,26)/t14-/m1/s1. The van der Waals surface area contributed by atoms with E-state index in [4.69, 9.17) is 4.74 Å². The number of carbonyl (C=O) groups excluding carboxylic acids is 2. The molecular weight excluding hydrogens is 390 g/mol. The summed E-state index contributed by atoms with van der Waals surface area (Å²) >= 11 is 1.54. The zero-order chi connectivity index (χ0) is 20.4. The predicted octanol–water partition coefficient (Wildman–Crippen LogP) is 2.92. The maximum atomic E-state index is 12.8. The number of ether oxygens (including phenoxy) is 1. The van der Waals surface area contributed by atoms with Gasteiger partial charge in [-0.3, -0.25) is 9.59 Å². The first-order valence-electron chi connectivity index (χ1n) is 10.2. The lowest BCUT2D eigenvalue weighted by Gasteiger charge is -2.32. The van der Waals surface area contributed by atoms with Crippen molar-refractivity contribution in [2.45, 2.75) is 45.1 Å². The summed E-state index contributed by atoms with van der Waals surface area (Å²) in [4.78, 5) is 31.5. The Bertz CT molecular complexity index is 863. The van der Waals surface area contributed by atoms with E-state index < -0.39 is 0 Å². The van der Waals surface area contributed by atoms with Crippen molar-refractivity contribution in [3.8, 4) is 0 Å². The molecule has 2 fully saturated rings. The molecule has 2 amide bonds. The average molecular weight is 418 g/mol. The summed E-state index contributed by atoms with van der Waals surface area (Å²) < 4.78 is 7.19. The lowest BCUT2D eigenvalue weighted by Crippen LogP contribution is -2.39. The van der Waals surface area contributed by atoms with E-state index in [1.54, 1.807) is 17.5 Å². The first-order chi connectivity index (χ1) is 14.0. The lowest BCUT2D eigenvalue weighted by atomic mass is 10.0. The summed E-state index contributed by atoms with van der Waals surface area (Å²) in [7, 11) is 0. The van der Waals surface area contributed by atoms with Crippen LogP contribution in [0.2, 0.25) is 0 Å². The van der Waals surface area contributed by atoms with Crippen molar-refractivity contribution < 1.29 is 14.3 Å². The number of anilines is 1. The fraction of sp³-hybridized carbons (Fsp3) is 0.600. The highest BCUT2D eigenvalue weighted by Gasteiger charge is 2.29. The number of thiazole rings is 1. The molecule has 0 unspecified atom stereocenters. The number of amides is 2. The van der Waals surface area contributed by atoms with Gasteiger partial charge in [0.15, 0.2) is 0 Å². The predicted molar refractivity (Wildman–Crippen MR) is 110 cm³/mol. The highest BCUT2D eigenvalue weighted by atomic mass is 32.1. The molecule has 156 valence electrons. The molecule has 0 aromatic carbocycles. The minimum absolute atomic E-state index is 0.00169. The molecule has 0 spiro atoms. The maximum Gasteiger partial charge on any atom is 0.273 e. The van der Waals surface area contributed by atoms with Gasteiger partial charge < -0.3 is 15.0 Å². The van der Waals surface area contributed by atoms with Gasteiger partial charge in [0.05, 0.1) is 29.8 Å². The van der Waals surface area contributed by atoms with Crippen LogP contribution in [0.3, 0.4) is 0 Å². The minimum Gasteiger partial charge on any atom is -0.381 e. The van der Waals surface area contributed by atoms with Gasteiger partial charge in [0.1, 0.15) is 11.5 Å². The number of carbonyl (C=O) groups is 2. The molecule has 8 nitrogen and oxygen atoms in total. The molecule has 2 aromatic rings. The second-order valence-electron chi connectivity index (χ2n) is 7.96. The van der Waals surface area contributed by atoms with Gasteiger partial charge >= 0.3 is 0 Å². The largest absolute Gasteiger partial charge is 0.381 e. The first kappa shape index (κ1) is 20.0. The smallest absolute Gasteiger partial charge is 0.273 e. The summed E-state index contributed by atoms with van der Waals surface area (Å²) in [5, 5.41) is 10.3. The Kier molecular flexibility index (Phi) is 5.96. The zero-order valence-electron chi connectivity index (χ0n) is 16.8. The third-order valence-electron chi connectivity index (χ3n) is 5.55. The van der Waals surface area contributed by atoms with Crippen LogP contribution < -0.4 is 5.32 Å². The molecule has 2 saturated heterocycles. The van der Waals surface area contributed by atoms with Crippen molar-refractivity contribution in [3.63, 3.8) is 0 Å². The third-order valence-corrected chi connectivity index (χ3v) is 6.70. The molecular formula is C20H27N5O3S. The SMILES string of the molecule is CC(C)c1nc(C(=O)N2CCC(n3nccc3NC(=O)[C@@H]3CCOC3)CC2)cs1. The second-order valence-corrected chi connectivity index (χ2v) is 8.85. The van der Waals surface area contributed by atoms with Crippen LogP contribution in [0.25, 0.3) is 0 Å². The molecule has 2 aliphatic heterocycles. The van der Waals surface area contributed by atoms with Crippen molar-refractivity contribution in [2.24, 2.45) is 5.92 Å². The highest BCUT2D eigenvalue weighted by Crippen LogP contribution is 2.27. The number of rotatable bonds is 5. The van der Waals surface area contributed by atoms with Crippen LogP contribution in [0.1, 0.15) is 60.6 Å². The van der Waals surface area contributed by atoms with E-state index in [1.807, 2.05) is 21.0 Å². The van der Waals surface area contributed by atoms with E-state index >= 15 is 0 Å². The van der Waals surface area contributed by atoms with Crippen LogP contribution in [0.15, 0.2) is 17.6 Å². The second kappa shape index (κ2) is 8.62. The van der Waals surface area contributed by atoms with Gasteiger partial charge in [0, 0.05) is 37.1 Å². The number of hydrogen-bond acceptors (Lipinski definition) is 6. The normalized spacial score (nSPS) is 20.4. The Morgan fingerprint density at radius 2 is 2.07 bits per heavy atom. The monoisotopic (exact) mass is 417 g/mol. The number of nitrogens with zero attached hydrogens (tertiary/aromatic N) is 4. The summed E-state index contributed by atoms with van der Waals surface area (Å²) in [6, 6.07) is 1.99. The van der Waals surface area contributed by atoms with Crippen LogP contribution in [-0.4, -0.2) is 57.8 Å². The summed E-state index contributed by atoms with van der Waals surface area (Å²) in [6.45, 7) is 6.60. The number of nitrogens with one attached hydrogen (secondary N) is 1. The topological polar surface area (TPSA) is 89.4 Å². The quantitative estimate of drug-likeness (QED) is 0.808. The molecule has 0 radical (unpaired) electrons. The van der Waals surface area contributed by atoms with Gasteiger partial charge in [-0.2, -0.15) is 5.10 Å². The molecule has 29 heavy (non-hydrogen) atoms. The van der Waals surface area contributed by atoms with Crippen LogP contribution in [0.5, 0.6) is 0 Å². The number of likely N-dealkylation sites (tertiary alicyclic amines) is 1. The molecule has 0 bridgehead atoms. The molecule has 2 aromatic heterocycles. The lowest BCUT2D eigenvalue weighted by molar-refractivity contribution is -0.119. The Morgan fingerprint density at radius 3 is 2.72 bits per heavy atom. The summed E-state index contributed by atoms with van der Waals surface area (Å²) in [5.74, 6) is 0.944. The van der Waals surface area contributed by atoms with Crippen molar-refractivity contribution in [1.29, 1.82) is 0 Å². The summed E-state index contributed by atoms with van der Waals surface area (Å²) in [6.07, 6.45) is 4.06. The van der Waals surface area contributed by atoms with E-state index in [0.717, 1.165) is 24.3 Å². The van der Waals surface area contributed by atoms with Crippen LogP contribution >= 0.6 is 11.3 Å². The van der Waals surface area contributed by atoms with Gasteiger partial charge in [-0.15, -0.1) is 11.3 Å².